The van der Waals surface area contributed by atoms with Crippen LogP contribution in [0.4, 0.5) is 10.5 Å². The van der Waals surface area contributed by atoms with E-state index in [1.807, 2.05) is 0 Å². The van der Waals surface area contributed by atoms with Crippen molar-refractivity contribution in [3.63, 3.8) is 0 Å². The van der Waals surface area contributed by atoms with Gasteiger partial charge < -0.3 is 15.3 Å². The number of hydrogen-bond acceptors (Lipinski definition) is 4. The molecular weight excluding hydrogens is 262 g/mol. The molecule has 1 unspecified atom stereocenters. The first-order valence-electron chi connectivity index (χ1n) is 6.51. The van der Waals surface area contributed by atoms with Gasteiger partial charge >= 0.3 is 6.03 Å². The highest BCUT2D eigenvalue weighted by Gasteiger charge is 2.28. The van der Waals surface area contributed by atoms with Crippen LogP contribution >= 0.6 is 0 Å². The van der Waals surface area contributed by atoms with Crippen molar-refractivity contribution in [3.05, 3.63) is 39.9 Å². The Kier molecular flexibility index (Phi) is 4.52. The van der Waals surface area contributed by atoms with Gasteiger partial charge in [0.2, 0.25) is 0 Å². The van der Waals surface area contributed by atoms with Crippen LogP contribution in [0.1, 0.15) is 18.4 Å². The first kappa shape index (κ1) is 14.3. The number of nitrogens with one attached hydrogen (secondary N) is 1. The van der Waals surface area contributed by atoms with Crippen molar-refractivity contribution in [2.45, 2.75) is 25.4 Å². The number of para-hydroxylation sites is 1. The maximum atomic E-state index is 12.0. The lowest BCUT2D eigenvalue weighted by molar-refractivity contribution is -0.385. The summed E-state index contributed by atoms with van der Waals surface area (Å²) in [6.07, 6.45) is 1.65. The molecule has 1 aliphatic rings. The van der Waals surface area contributed by atoms with E-state index in [0.29, 0.717) is 12.1 Å². The minimum atomic E-state index is -0.464. The van der Waals surface area contributed by atoms with E-state index < -0.39 is 4.92 Å². The van der Waals surface area contributed by atoms with Crippen LogP contribution in [0.25, 0.3) is 0 Å². The molecule has 7 heteroatoms. The Bertz CT molecular complexity index is 506. The molecule has 7 nitrogen and oxygen atoms in total. The lowest BCUT2D eigenvalue weighted by atomic mass is 10.2. The zero-order chi connectivity index (χ0) is 14.5. The second-order valence-electron chi connectivity index (χ2n) is 4.72. The Morgan fingerprint density at radius 3 is 2.95 bits per heavy atom. The second kappa shape index (κ2) is 6.33. The average Bonchev–Trinajstić information content (AvgIpc) is 2.93. The van der Waals surface area contributed by atoms with Gasteiger partial charge in [0.15, 0.2) is 0 Å². The number of likely N-dealkylation sites (tertiary alicyclic amines) is 1. The third kappa shape index (κ3) is 3.05. The SMILES string of the molecule is O=C(NCc1ccccc1[N+](=O)[O-])N1CCCC1CO. The number of amides is 2. The van der Waals surface area contributed by atoms with Crippen LogP contribution in [0.3, 0.4) is 0 Å². The molecule has 1 heterocycles. The van der Waals surface area contributed by atoms with Gasteiger partial charge in [-0.05, 0) is 12.8 Å². The van der Waals surface area contributed by atoms with Crippen molar-refractivity contribution >= 4 is 11.7 Å². The fourth-order valence-electron chi connectivity index (χ4n) is 2.40. The minimum absolute atomic E-state index is 0.00655. The van der Waals surface area contributed by atoms with E-state index in [0.717, 1.165) is 12.8 Å². The molecule has 1 fully saturated rings. The van der Waals surface area contributed by atoms with Crippen molar-refractivity contribution in [1.29, 1.82) is 0 Å². The smallest absolute Gasteiger partial charge is 0.317 e. The lowest BCUT2D eigenvalue weighted by Crippen LogP contribution is -2.43. The third-order valence-electron chi connectivity index (χ3n) is 3.47. The summed E-state index contributed by atoms with van der Waals surface area (Å²) < 4.78 is 0. The first-order chi connectivity index (χ1) is 9.63. The number of aliphatic hydroxyl groups is 1. The van der Waals surface area contributed by atoms with Gasteiger partial charge in [-0.3, -0.25) is 10.1 Å². The highest BCUT2D eigenvalue weighted by molar-refractivity contribution is 5.75. The van der Waals surface area contributed by atoms with E-state index in [-0.39, 0.29) is 30.9 Å². The minimum Gasteiger partial charge on any atom is -0.394 e. The molecule has 1 aliphatic heterocycles. The number of urea groups is 1. The van der Waals surface area contributed by atoms with Crippen LogP contribution in [0.5, 0.6) is 0 Å². The number of nitro benzene ring substituents is 1. The molecule has 0 spiro atoms. The zero-order valence-corrected chi connectivity index (χ0v) is 11.0. The number of rotatable bonds is 4. The summed E-state index contributed by atoms with van der Waals surface area (Å²) in [7, 11) is 0. The number of nitro groups is 1. The number of benzene rings is 1. The Morgan fingerprint density at radius 2 is 2.25 bits per heavy atom. The highest BCUT2D eigenvalue weighted by atomic mass is 16.6. The molecule has 0 aliphatic carbocycles. The van der Waals surface area contributed by atoms with Gasteiger partial charge in [0.25, 0.3) is 5.69 Å². The summed E-state index contributed by atoms with van der Waals surface area (Å²) in [6, 6.07) is 5.87. The molecule has 1 aromatic carbocycles. The monoisotopic (exact) mass is 279 g/mol. The molecule has 2 rings (SSSR count). The summed E-state index contributed by atoms with van der Waals surface area (Å²) in [4.78, 5) is 24.0. The van der Waals surface area contributed by atoms with E-state index in [2.05, 4.69) is 5.32 Å². The number of carbonyl (C=O) groups is 1. The van der Waals surface area contributed by atoms with Crippen molar-refractivity contribution < 1.29 is 14.8 Å². The topological polar surface area (TPSA) is 95.7 Å². The number of carbonyl (C=O) groups excluding carboxylic acids is 1. The van der Waals surface area contributed by atoms with Crippen molar-refractivity contribution in [2.24, 2.45) is 0 Å². The molecule has 1 aromatic rings. The highest BCUT2D eigenvalue weighted by Crippen LogP contribution is 2.19. The maximum Gasteiger partial charge on any atom is 0.317 e. The third-order valence-corrected chi connectivity index (χ3v) is 3.47. The summed E-state index contributed by atoms with van der Waals surface area (Å²) in [5.74, 6) is 0. The number of hydrogen-bond donors (Lipinski definition) is 2. The molecule has 108 valence electrons. The number of nitrogens with zero attached hydrogens (tertiary/aromatic N) is 2. The van der Waals surface area contributed by atoms with Crippen LogP contribution in [-0.2, 0) is 6.54 Å². The van der Waals surface area contributed by atoms with Gasteiger partial charge in [-0.15, -0.1) is 0 Å². The van der Waals surface area contributed by atoms with E-state index >= 15 is 0 Å². The van der Waals surface area contributed by atoms with Crippen LogP contribution in [0.15, 0.2) is 24.3 Å². The fraction of sp³-hybridized carbons (Fsp3) is 0.462. The largest absolute Gasteiger partial charge is 0.394 e. The van der Waals surface area contributed by atoms with Crippen molar-refractivity contribution in [2.75, 3.05) is 13.2 Å². The molecule has 0 bridgehead atoms. The van der Waals surface area contributed by atoms with Gasteiger partial charge in [0, 0.05) is 18.2 Å². The van der Waals surface area contributed by atoms with Crippen LogP contribution < -0.4 is 5.32 Å². The summed E-state index contributed by atoms with van der Waals surface area (Å²) >= 11 is 0. The average molecular weight is 279 g/mol. The number of aliphatic hydroxyl groups excluding tert-OH is 1. The molecule has 1 saturated heterocycles. The Labute approximate surface area is 116 Å². The fourth-order valence-corrected chi connectivity index (χ4v) is 2.40. The predicted molar refractivity (Wildman–Crippen MR) is 72.1 cm³/mol. The molecular formula is C13H17N3O4. The molecule has 0 saturated carbocycles. The summed E-state index contributed by atoms with van der Waals surface area (Å²) in [5.41, 5.74) is 0.457. The summed E-state index contributed by atoms with van der Waals surface area (Å²) in [5, 5.41) is 22.7. The van der Waals surface area contributed by atoms with Gasteiger partial charge in [0.05, 0.1) is 24.1 Å². The first-order valence-corrected chi connectivity index (χ1v) is 6.51. The second-order valence-corrected chi connectivity index (χ2v) is 4.72. The van der Waals surface area contributed by atoms with Gasteiger partial charge in [-0.2, -0.15) is 0 Å². The van der Waals surface area contributed by atoms with Crippen molar-refractivity contribution in [3.8, 4) is 0 Å². The van der Waals surface area contributed by atoms with Crippen LogP contribution in [-0.4, -0.2) is 40.2 Å². The molecule has 2 amide bonds. The van der Waals surface area contributed by atoms with E-state index in [9.17, 15) is 20.0 Å². The molecule has 1 atom stereocenters. The van der Waals surface area contributed by atoms with Crippen LogP contribution in [0, 0.1) is 10.1 Å². The quantitative estimate of drug-likeness (QED) is 0.640. The van der Waals surface area contributed by atoms with Gasteiger partial charge in [-0.1, -0.05) is 18.2 Å². The lowest BCUT2D eigenvalue weighted by Gasteiger charge is -2.23. The summed E-state index contributed by atoms with van der Waals surface area (Å²) in [6.45, 7) is 0.650. The van der Waals surface area contributed by atoms with Gasteiger partial charge in [-0.25, -0.2) is 4.79 Å². The molecule has 20 heavy (non-hydrogen) atoms. The zero-order valence-electron chi connectivity index (χ0n) is 11.0. The molecule has 0 aromatic heterocycles. The Morgan fingerprint density at radius 1 is 1.50 bits per heavy atom. The maximum absolute atomic E-state index is 12.0. The predicted octanol–water partition coefficient (Wildman–Crippen LogP) is 1.26. The Balaban J connectivity index is 1.98. The van der Waals surface area contributed by atoms with E-state index in [1.54, 1.807) is 23.1 Å². The van der Waals surface area contributed by atoms with Crippen LogP contribution in [0.2, 0.25) is 0 Å². The Hall–Kier alpha value is -2.15. The van der Waals surface area contributed by atoms with E-state index in [1.165, 1.54) is 6.07 Å². The van der Waals surface area contributed by atoms with Gasteiger partial charge in [0.1, 0.15) is 0 Å². The standard InChI is InChI=1S/C13H17N3O4/c17-9-11-5-3-7-15(11)13(18)14-8-10-4-1-2-6-12(10)16(19)20/h1-2,4,6,11,17H,3,5,7-9H2,(H,14,18). The van der Waals surface area contributed by atoms with E-state index in [4.69, 9.17) is 0 Å². The molecule has 0 radical (unpaired) electrons. The van der Waals surface area contributed by atoms with Crippen molar-refractivity contribution in [1.82, 2.24) is 10.2 Å². The molecule has 2 N–H and O–H groups in total. The normalized spacial score (nSPS) is 18.1.